The van der Waals surface area contributed by atoms with Gasteiger partial charge in [-0.05, 0) is 54.5 Å². The van der Waals surface area contributed by atoms with E-state index in [1.807, 2.05) is 6.92 Å². The molecule has 5 N–H and O–H groups in total. The first-order valence-corrected chi connectivity index (χ1v) is 22.2. The Morgan fingerprint density at radius 3 is 2.54 bits per heavy atom. The smallest absolute Gasteiger partial charge is 0.412 e. The van der Waals surface area contributed by atoms with Crippen molar-refractivity contribution >= 4 is 52.2 Å². The van der Waals surface area contributed by atoms with Gasteiger partial charge < -0.3 is 58.6 Å². The fraction of sp³-hybridized carbons (Fsp3) is 0.468. The van der Waals surface area contributed by atoms with Gasteiger partial charge in [0, 0.05) is 48.4 Å². The second-order valence-electron chi connectivity index (χ2n) is 17.0. The summed E-state index contributed by atoms with van der Waals surface area (Å²) in [5, 5.41) is 17.6. The Morgan fingerprint density at radius 2 is 1.82 bits per heavy atom. The summed E-state index contributed by atoms with van der Waals surface area (Å²) < 4.78 is 47.2. The third kappa shape index (κ3) is 8.60. The highest BCUT2D eigenvalue weighted by atomic mass is 16.7. The third-order valence-electron chi connectivity index (χ3n) is 12.8. The van der Waals surface area contributed by atoms with Crippen molar-refractivity contribution in [3.63, 3.8) is 0 Å². The van der Waals surface area contributed by atoms with Gasteiger partial charge in [-0.3, -0.25) is 19.7 Å². The molecule has 356 valence electrons. The predicted molar refractivity (Wildman–Crippen MR) is 237 cm³/mol. The van der Waals surface area contributed by atoms with Crippen LogP contribution in [-0.4, -0.2) is 83.5 Å². The maximum atomic E-state index is 14.0. The first-order valence-electron chi connectivity index (χ1n) is 22.2. The van der Waals surface area contributed by atoms with Crippen LogP contribution < -0.4 is 36.1 Å². The molecule has 1 saturated heterocycles. The van der Waals surface area contributed by atoms with E-state index in [9.17, 15) is 33.9 Å². The normalized spacial score (nSPS) is 22.2. The lowest BCUT2D eigenvalue weighted by Gasteiger charge is -2.42. The number of esters is 3. The third-order valence-corrected chi connectivity index (χ3v) is 12.8. The molecule has 4 aromatic rings. The van der Waals surface area contributed by atoms with Crippen LogP contribution in [0, 0.1) is 11.8 Å². The molecule has 20 heteroatoms. The Balaban J connectivity index is 1.10. The maximum Gasteiger partial charge on any atom is 0.412 e. The van der Waals surface area contributed by atoms with Crippen LogP contribution >= 0.6 is 0 Å². The van der Waals surface area contributed by atoms with E-state index in [0.717, 1.165) is 24.0 Å². The van der Waals surface area contributed by atoms with Gasteiger partial charge in [0.2, 0.25) is 19.0 Å². The Labute approximate surface area is 384 Å². The zero-order valence-corrected chi connectivity index (χ0v) is 38.0. The van der Waals surface area contributed by atoms with E-state index in [4.69, 9.17) is 48.6 Å². The van der Waals surface area contributed by atoms with E-state index in [1.54, 1.807) is 43.5 Å². The van der Waals surface area contributed by atoms with Crippen molar-refractivity contribution in [1.82, 2.24) is 9.55 Å². The fourth-order valence-electron chi connectivity index (χ4n) is 9.07. The number of carbonyl (C=O) groups is 5. The number of methoxy groups -OCH3 is 1. The van der Waals surface area contributed by atoms with E-state index >= 15 is 0 Å². The second-order valence-corrected chi connectivity index (χ2v) is 17.0. The van der Waals surface area contributed by atoms with Crippen molar-refractivity contribution in [2.24, 2.45) is 17.6 Å². The summed E-state index contributed by atoms with van der Waals surface area (Å²) in [7, 11) is 1.24. The molecule has 2 aromatic heterocycles. The average molecular weight is 928 g/mol. The molecule has 6 atom stereocenters. The van der Waals surface area contributed by atoms with Gasteiger partial charge in [-0.1, -0.05) is 40.2 Å². The number of hydrogen-bond acceptors (Lipinski definition) is 17. The quantitative estimate of drug-likeness (QED) is 0.0871. The number of fused-ring (bicyclic) bond motifs is 6. The van der Waals surface area contributed by atoms with Crippen LogP contribution in [0.25, 0.3) is 22.3 Å². The monoisotopic (exact) mass is 927 g/mol. The molecule has 0 radical (unpaired) electrons. The van der Waals surface area contributed by atoms with Crippen LogP contribution in [-0.2, 0) is 74.6 Å². The van der Waals surface area contributed by atoms with E-state index in [0.29, 0.717) is 40.0 Å². The highest BCUT2D eigenvalue weighted by molar-refractivity contribution is 6.06. The Kier molecular flexibility index (Phi) is 13.1. The van der Waals surface area contributed by atoms with Crippen molar-refractivity contribution in [3.05, 3.63) is 68.5 Å². The lowest BCUT2D eigenvalue weighted by atomic mass is 9.83. The Hall–Kier alpha value is -6.77. The van der Waals surface area contributed by atoms with Crippen LogP contribution in [0.5, 0.6) is 17.2 Å². The molecule has 20 nitrogen and oxygen atoms in total. The fourth-order valence-corrected chi connectivity index (χ4v) is 9.07. The number of anilines is 2. The number of rotatable bonds is 14. The molecule has 0 spiro atoms. The topological polar surface area (TPSA) is 264 Å². The predicted octanol–water partition coefficient (Wildman–Crippen LogP) is 4.67. The molecule has 0 unspecified atom stereocenters. The molecular weight excluding hydrogens is 875 g/mol. The molecule has 6 heterocycles. The van der Waals surface area contributed by atoms with Crippen LogP contribution in [0.3, 0.4) is 0 Å². The molecule has 1 fully saturated rings. The molecule has 0 aliphatic carbocycles. The summed E-state index contributed by atoms with van der Waals surface area (Å²) in [6.45, 7) is 8.01. The zero-order valence-electron chi connectivity index (χ0n) is 38.0. The molecular formula is C47H53N5O15. The number of aliphatic hydroxyl groups is 1. The summed E-state index contributed by atoms with van der Waals surface area (Å²) in [5.41, 5.74) is 7.39. The molecule has 0 saturated carbocycles. The van der Waals surface area contributed by atoms with Gasteiger partial charge in [-0.2, -0.15) is 0 Å². The van der Waals surface area contributed by atoms with Crippen LogP contribution in [0.1, 0.15) is 88.1 Å². The van der Waals surface area contributed by atoms with Crippen molar-refractivity contribution in [3.8, 4) is 28.6 Å². The first-order chi connectivity index (χ1) is 32.1. The number of benzene rings is 2. The number of aromatic nitrogens is 2. The van der Waals surface area contributed by atoms with E-state index < -0.39 is 71.4 Å². The number of unbranched alkanes of at least 4 members (excludes halogenated alkanes) is 1. The maximum absolute atomic E-state index is 14.0. The van der Waals surface area contributed by atoms with Crippen LogP contribution in [0.4, 0.5) is 16.2 Å². The number of nitrogens with zero attached hydrogens (tertiary/aromatic N) is 2. The Morgan fingerprint density at radius 1 is 1.03 bits per heavy atom. The van der Waals surface area contributed by atoms with Gasteiger partial charge in [-0.15, -0.1) is 0 Å². The van der Waals surface area contributed by atoms with Gasteiger partial charge in [0.15, 0.2) is 29.3 Å². The minimum absolute atomic E-state index is 0.00346. The highest BCUT2D eigenvalue weighted by Crippen LogP contribution is 2.49. The summed E-state index contributed by atoms with van der Waals surface area (Å²) in [6, 6.07) is 8.00. The van der Waals surface area contributed by atoms with Crippen LogP contribution in [0.15, 0.2) is 35.1 Å². The number of amides is 2. The number of aryl methyl sites for hydroxylation is 1. The van der Waals surface area contributed by atoms with Gasteiger partial charge in [0.1, 0.15) is 24.7 Å². The van der Waals surface area contributed by atoms with Gasteiger partial charge >= 0.3 is 24.0 Å². The molecule has 2 amide bonds. The van der Waals surface area contributed by atoms with Crippen molar-refractivity contribution < 1.29 is 67.0 Å². The van der Waals surface area contributed by atoms with E-state index in [1.165, 1.54) is 26.2 Å². The number of nitrogens with two attached hydrogens (primary N) is 1. The van der Waals surface area contributed by atoms with E-state index in [-0.39, 0.29) is 79.9 Å². The second kappa shape index (κ2) is 18.8. The van der Waals surface area contributed by atoms with E-state index in [2.05, 4.69) is 10.6 Å². The van der Waals surface area contributed by atoms with Gasteiger partial charge in [0.05, 0.1) is 41.8 Å². The largest absolute Gasteiger partial charge is 0.467 e. The number of nitrogens with one attached hydrogen (secondary N) is 2. The van der Waals surface area contributed by atoms with Crippen molar-refractivity contribution in [2.45, 2.75) is 111 Å². The van der Waals surface area contributed by atoms with Gasteiger partial charge in [0.25, 0.3) is 5.56 Å². The number of ether oxygens (including phenoxy) is 8. The van der Waals surface area contributed by atoms with Crippen molar-refractivity contribution in [1.29, 1.82) is 0 Å². The number of pyridine rings is 2. The summed E-state index contributed by atoms with van der Waals surface area (Å²) in [4.78, 5) is 83.5. The highest BCUT2D eigenvalue weighted by Gasteiger charge is 2.49. The van der Waals surface area contributed by atoms with Crippen molar-refractivity contribution in [2.75, 3.05) is 31.1 Å². The molecule has 67 heavy (non-hydrogen) atoms. The summed E-state index contributed by atoms with van der Waals surface area (Å²) in [5.74, 6) is -2.64. The molecule has 8 rings (SSSR count). The lowest BCUT2D eigenvalue weighted by Crippen LogP contribution is -2.55. The van der Waals surface area contributed by atoms with Gasteiger partial charge in [-0.25, -0.2) is 19.4 Å². The number of carbonyl (C=O) groups excluding carboxylic acids is 5. The SMILES string of the molecule is CCCCc1c2c(nc3cc4c(c(NC(=O)OCc5ccc(O[C@@H]6O[C@H](C(=O)OC)[C@@H](C)[C@H](C)[C@H]6OC(C)=O)c(NC(=O)CCN)c5)c13)OCO4)-c1cc3c(c(=O)n1C2)COC(=O)[C@]3(O)CC. The number of hydrogen-bond donors (Lipinski definition) is 4. The molecule has 4 aliphatic rings. The first kappa shape index (κ1) is 46.7. The lowest BCUT2D eigenvalue weighted by molar-refractivity contribution is -0.248. The standard InChI is InChI=1S/C47H53N5O15/c1-7-9-10-26-27-18-52-32(16-29-28(42(52)55)20-61-45(57)47(29,59)8-2)37(27)50-31-17-34-41(64-21-63-34)38(36(26)31)51-46(58)62-19-25-11-12-33(30(15-25)49-35(54)13-14-48)66-44-40(65-24(5)53)23(4)22(3)39(67-44)43(56)60-6/h11-12,15-17,22-23,39-40,44,59H,7-10,13-14,18-21,48H2,1-6H3,(H,49,54)(H,51,58)/t22-,23-,39-,40+,44+,47-/m0/s1. The molecule has 4 aliphatic heterocycles. The zero-order chi connectivity index (χ0) is 47.9. The minimum Gasteiger partial charge on any atom is -0.467 e. The average Bonchev–Trinajstić information content (AvgIpc) is 3.93. The summed E-state index contributed by atoms with van der Waals surface area (Å²) >= 11 is 0. The summed E-state index contributed by atoms with van der Waals surface area (Å²) in [6.07, 6.45) is -2.07. The van der Waals surface area contributed by atoms with Crippen LogP contribution in [0.2, 0.25) is 0 Å². The minimum atomic E-state index is -2.00. The Bertz CT molecular complexity index is 2740. The number of cyclic esters (lactones) is 1. The molecule has 2 aromatic carbocycles. The molecule has 0 bridgehead atoms.